The summed E-state index contributed by atoms with van der Waals surface area (Å²) >= 11 is 8.44. The van der Waals surface area contributed by atoms with Crippen LogP contribution in [0.2, 0.25) is 5.15 Å². The van der Waals surface area contributed by atoms with E-state index < -0.39 is 30.3 Å². The molecule has 6 atom stereocenters. The van der Waals surface area contributed by atoms with E-state index in [0.717, 1.165) is 34.4 Å². The van der Waals surface area contributed by atoms with Gasteiger partial charge in [0.2, 0.25) is 11.8 Å². The number of rotatable bonds is 13. The molecule has 0 unspecified atom stereocenters. The summed E-state index contributed by atoms with van der Waals surface area (Å²) in [5, 5.41) is 5.90. The standard InChI is InChI=1S/C42H53ClN8O7S/c1-22(2)33(47-41(54)57-6)39(52)50-20-28(56-5)17-31(50)38-46-35(36(43)49-38)27-15-11-25(12-16-27)24-9-13-26(14-10-24)30-19-44-37(45-30)32-18-29(59-8)21-51(32)40(53)34(23(3)4)48-42(55)58-7/h9-16,19,22-23,28-29,31-34H,17-18,20-21H2,1-8H3,(H,44,45)(H,46,49)(H,47,54)(H,48,55)/t28-,29-,31-,32-,33-,34-/m0/s1. The number of H-pyrrole nitrogens is 2. The fourth-order valence-electron chi connectivity index (χ4n) is 7.74. The first kappa shape index (κ1) is 43.5. The molecule has 4 heterocycles. The number of nitrogens with zero attached hydrogens (tertiary/aromatic N) is 4. The number of thioether (sulfide) groups is 1. The second-order valence-electron chi connectivity index (χ2n) is 15.5. The number of hydrogen-bond acceptors (Lipinski definition) is 10. The molecule has 0 bridgehead atoms. The van der Waals surface area contributed by atoms with E-state index >= 15 is 0 Å². The van der Waals surface area contributed by atoms with E-state index in [1.807, 2.05) is 87.4 Å². The Bertz CT molecular complexity index is 2110. The van der Waals surface area contributed by atoms with Crippen LogP contribution in [-0.4, -0.2) is 118 Å². The number of carbonyl (C=O) groups excluding carboxylic acids is 4. The zero-order valence-electron chi connectivity index (χ0n) is 34.6. The van der Waals surface area contributed by atoms with Crippen LogP contribution < -0.4 is 10.6 Å². The van der Waals surface area contributed by atoms with Gasteiger partial charge >= 0.3 is 12.2 Å². The van der Waals surface area contributed by atoms with Gasteiger partial charge in [-0.05, 0) is 41.2 Å². The van der Waals surface area contributed by atoms with E-state index in [1.165, 1.54) is 14.2 Å². The van der Waals surface area contributed by atoms with Crippen molar-refractivity contribution in [3.8, 4) is 33.6 Å². The molecule has 2 aromatic heterocycles. The minimum atomic E-state index is -0.793. The smallest absolute Gasteiger partial charge is 0.407 e. The summed E-state index contributed by atoms with van der Waals surface area (Å²) in [6, 6.07) is 13.9. The number of carbonyl (C=O) groups is 4. The van der Waals surface area contributed by atoms with E-state index in [0.29, 0.717) is 36.9 Å². The fraction of sp³-hybridized carbons (Fsp3) is 0.476. The monoisotopic (exact) mass is 848 g/mol. The van der Waals surface area contributed by atoms with E-state index in [4.69, 9.17) is 30.8 Å². The lowest BCUT2D eigenvalue weighted by Gasteiger charge is -2.30. The quantitative estimate of drug-likeness (QED) is 0.111. The van der Waals surface area contributed by atoms with Crippen LogP contribution in [0, 0.1) is 11.8 Å². The number of likely N-dealkylation sites (tertiary alicyclic amines) is 2. The summed E-state index contributed by atoms with van der Waals surface area (Å²) in [5.74, 6) is 0.506. The van der Waals surface area contributed by atoms with Gasteiger partial charge in [0.1, 0.15) is 23.7 Å². The maximum Gasteiger partial charge on any atom is 0.407 e. The van der Waals surface area contributed by atoms with Crippen molar-refractivity contribution in [1.82, 2.24) is 40.4 Å². The van der Waals surface area contributed by atoms with Gasteiger partial charge in [-0.25, -0.2) is 19.6 Å². The first-order chi connectivity index (χ1) is 28.3. The van der Waals surface area contributed by atoms with Crippen LogP contribution in [0.5, 0.6) is 0 Å². The van der Waals surface area contributed by atoms with Gasteiger partial charge in [-0.2, -0.15) is 11.8 Å². The number of ether oxygens (including phenoxy) is 3. The molecule has 2 aromatic carbocycles. The molecule has 2 aliphatic heterocycles. The summed E-state index contributed by atoms with van der Waals surface area (Å²) in [7, 11) is 4.16. The number of alkyl carbamates (subject to hydrolysis) is 2. The summed E-state index contributed by atoms with van der Waals surface area (Å²) in [6.45, 7) is 8.41. The first-order valence-electron chi connectivity index (χ1n) is 19.6. The minimum Gasteiger partial charge on any atom is -0.453 e. The Morgan fingerprint density at radius 1 is 0.746 bits per heavy atom. The number of hydrogen-bond donors (Lipinski definition) is 4. The topological polar surface area (TPSA) is 184 Å². The van der Waals surface area contributed by atoms with Crippen LogP contribution in [0.1, 0.15) is 64.3 Å². The lowest BCUT2D eigenvalue weighted by atomic mass is 10.0. The third kappa shape index (κ3) is 9.55. The van der Waals surface area contributed by atoms with Crippen molar-refractivity contribution in [2.45, 2.75) is 76.1 Å². The number of benzene rings is 2. The average Bonchev–Trinajstić information content (AvgIpc) is 4.06. The normalized spacial score (nSPS) is 20.2. The van der Waals surface area contributed by atoms with Crippen molar-refractivity contribution >= 4 is 47.4 Å². The van der Waals surface area contributed by atoms with Gasteiger partial charge in [0.05, 0.1) is 50.0 Å². The molecular formula is C42H53ClN8O7S. The SMILES string of the molecule is COC(=O)N[C@H](C(=O)N1C[C@@H](SC)C[C@H]1c1ncc(-c2ccc(-c3ccc(-c4[nH]c([C@@H]5C[C@H](OC)CN5C(=O)[C@@H](NC(=O)OC)C(C)C)nc4Cl)cc3)cc2)[nH]1)C(C)C. The average molecular weight is 849 g/mol. The minimum absolute atomic E-state index is 0.132. The molecule has 4 N–H and O–H groups in total. The van der Waals surface area contributed by atoms with Crippen molar-refractivity contribution in [3.05, 3.63) is 71.5 Å². The molecule has 15 nitrogen and oxygen atoms in total. The third-order valence-corrected chi connectivity index (χ3v) is 12.4. The van der Waals surface area contributed by atoms with Crippen LogP contribution in [-0.2, 0) is 23.8 Å². The fourth-order valence-corrected chi connectivity index (χ4v) is 8.67. The van der Waals surface area contributed by atoms with Crippen LogP contribution >= 0.6 is 23.4 Å². The Kier molecular flexibility index (Phi) is 13.9. The summed E-state index contributed by atoms with van der Waals surface area (Å²) in [6.07, 6.45) is 3.55. The van der Waals surface area contributed by atoms with Crippen LogP contribution in [0.3, 0.4) is 0 Å². The summed E-state index contributed by atoms with van der Waals surface area (Å²) in [5.41, 5.74) is 5.24. The van der Waals surface area contributed by atoms with Gasteiger partial charge in [-0.1, -0.05) is 87.8 Å². The van der Waals surface area contributed by atoms with Crippen molar-refractivity contribution < 1.29 is 33.4 Å². The molecule has 17 heteroatoms. The Labute approximate surface area is 353 Å². The highest BCUT2D eigenvalue weighted by Crippen LogP contribution is 2.39. The van der Waals surface area contributed by atoms with Crippen molar-refractivity contribution in [2.24, 2.45) is 11.8 Å². The van der Waals surface area contributed by atoms with E-state index in [-0.39, 0.29) is 46.2 Å². The number of halogens is 1. The second kappa shape index (κ2) is 18.9. The van der Waals surface area contributed by atoms with E-state index in [9.17, 15) is 19.2 Å². The van der Waals surface area contributed by atoms with Gasteiger partial charge in [-0.15, -0.1) is 0 Å². The number of nitrogens with one attached hydrogen (secondary N) is 4. The van der Waals surface area contributed by atoms with Gasteiger partial charge in [0.15, 0.2) is 5.15 Å². The number of imidazole rings is 2. The predicted molar refractivity (Wildman–Crippen MR) is 227 cm³/mol. The molecule has 2 saturated heterocycles. The second-order valence-corrected chi connectivity index (χ2v) is 17.0. The Morgan fingerprint density at radius 3 is 1.76 bits per heavy atom. The molecule has 4 aromatic rings. The summed E-state index contributed by atoms with van der Waals surface area (Å²) in [4.78, 5) is 71.4. The van der Waals surface area contributed by atoms with Crippen LogP contribution in [0.25, 0.3) is 33.6 Å². The maximum absolute atomic E-state index is 13.8. The molecular weight excluding hydrogens is 796 g/mol. The highest BCUT2D eigenvalue weighted by Gasteiger charge is 2.43. The maximum atomic E-state index is 13.8. The zero-order chi connectivity index (χ0) is 42.5. The molecule has 2 aliphatic rings. The van der Waals surface area contributed by atoms with Crippen molar-refractivity contribution in [3.63, 3.8) is 0 Å². The summed E-state index contributed by atoms with van der Waals surface area (Å²) < 4.78 is 15.2. The Morgan fingerprint density at radius 2 is 1.25 bits per heavy atom. The molecule has 0 saturated carbocycles. The number of methoxy groups -OCH3 is 3. The molecule has 2 fully saturated rings. The Balaban J connectivity index is 1.16. The highest BCUT2D eigenvalue weighted by molar-refractivity contribution is 7.99. The lowest BCUT2D eigenvalue weighted by Crippen LogP contribution is -2.51. The molecule has 316 valence electrons. The number of aromatic amines is 2. The van der Waals surface area contributed by atoms with Gasteiger partial charge in [0.25, 0.3) is 0 Å². The van der Waals surface area contributed by atoms with Crippen molar-refractivity contribution in [1.29, 1.82) is 0 Å². The van der Waals surface area contributed by atoms with Gasteiger partial charge in [0, 0.05) is 37.4 Å². The van der Waals surface area contributed by atoms with E-state index in [2.05, 4.69) is 25.6 Å². The molecule has 4 amide bonds. The van der Waals surface area contributed by atoms with Gasteiger partial charge < -0.3 is 44.6 Å². The number of aromatic nitrogens is 4. The number of amides is 4. The largest absolute Gasteiger partial charge is 0.453 e. The molecule has 0 spiro atoms. The Hall–Kier alpha value is -5.06. The highest BCUT2D eigenvalue weighted by atomic mass is 35.5. The molecule has 0 radical (unpaired) electrons. The third-order valence-electron chi connectivity index (χ3n) is 11.1. The molecule has 59 heavy (non-hydrogen) atoms. The van der Waals surface area contributed by atoms with Crippen molar-refractivity contribution in [2.75, 3.05) is 40.7 Å². The van der Waals surface area contributed by atoms with Gasteiger partial charge in [-0.3, -0.25) is 9.59 Å². The predicted octanol–water partition coefficient (Wildman–Crippen LogP) is 6.84. The molecule has 6 rings (SSSR count). The van der Waals surface area contributed by atoms with Crippen LogP contribution in [0.4, 0.5) is 9.59 Å². The first-order valence-corrected chi connectivity index (χ1v) is 21.3. The van der Waals surface area contributed by atoms with Crippen LogP contribution in [0.15, 0.2) is 54.7 Å². The lowest BCUT2D eigenvalue weighted by molar-refractivity contribution is -0.136. The van der Waals surface area contributed by atoms with E-state index in [1.54, 1.807) is 30.0 Å². The zero-order valence-corrected chi connectivity index (χ0v) is 36.1. The molecule has 0 aliphatic carbocycles.